The molecule has 2 heterocycles. The first-order chi connectivity index (χ1) is 13.2. The largest absolute Gasteiger partial charge is 0.493 e. The van der Waals surface area contributed by atoms with E-state index in [-0.39, 0.29) is 0 Å². The second kappa shape index (κ2) is 7.28. The highest BCUT2D eigenvalue weighted by atomic mass is 35.5. The summed E-state index contributed by atoms with van der Waals surface area (Å²) in [7, 11) is 1.63. The maximum Gasteiger partial charge on any atom is 0.203 e. The molecule has 0 aliphatic heterocycles. The van der Waals surface area contributed by atoms with Crippen molar-refractivity contribution in [2.75, 3.05) is 19.0 Å². The average molecular weight is 384 g/mol. The van der Waals surface area contributed by atoms with Crippen molar-refractivity contribution in [3.8, 4) is 11.5 Å². The first-order valence-electron chi connectivity index (χ1n) is 8.52. The van der Waals surface area contributed by atoms with E-state index in [0.29, 0.717) is 35.4 Å². The van der Waals surface area contributed by atoms with Gasteiger partial charge in [-0.15, -0.1) is 10.2 Å². The predicted molar refractivity (Wildman–Crippen MR) is 105 cm³/mol. The van der Waals surface area contributed by atoms with Crippen LogP contribution in [0, 0.1) is 0 Å². The van der Waals surface area contributed by atoms with Crippen molar-refractivity contribution in [1.29, 1.82) is 0 Å². The monoisotopic (exact) mass is 383 g/mol. The van der Waals surface area contributed by atoms with Gasteiger partial charge in [-0.05, 0) is 42.8 Å². The molecule has 0 amide bonds. The van der Waals surface area contributed by atoms with Crippen LogP contribution in [0.1, 0.15) is 12.5 Å². The molecule has 0 fully saturated rings. The second-order valence-electron chi connectivity index (χ2n) is 5.89. The SMILES string of the molecule is CCOc1ccc(CNc2nc3ccc(Cl)cc3n3cnnc23)cc1OC. The van der Waals surface area contributed by atoms with E-state index in [1.165, 1.54) is 0 Å². The molecule has 0 spiro atoms. The van der Waals surface area contributed by atoms with Crippen molar-refractivity contribution < 1.29 is 9.47 Å². The predicted octanol–water partition coefficient (Wildman–Crippen LogP) is 3.95. The minimum Gasteiger partial charge on any atom is -0.493 e. The quantitative estimate of drug-likeness (QED) is 0.543. The molecule has 4 rings (SSSR count). The van der Waals surface area contributed by atoms with Crippen molar-refractivity contribution >= 4 is 34.1 Å². The number of aromatic nitrogens is 4. The number of halogens is 1. The van der Waals surface area contributed by atoms with Gasteiger partial charge in [0.05, 0.1) is 24.8 Å². The summed E-state index contributed by atoms with van der Waals surface area (Å²) in [5.41, 5.74) is 3.34. The molecule has 0 aliphatic carbocycles. The summed E-state index contributed by atoms with van der Waals surface area (Å²) in [6.07, 6.45) is 1.65. The molecule has 2 aromatic carbocycles. The maximum absolute atomic E-state index is 6.11. The van der Waals surface area contributed by atoms with Crippen molar-refractivity contribution in [2.45, 2.75) is 13.5 Å². The van der Waals surface area contributed by atoms with Gasteiger partial charge in [-0.3, -0.25) is 4.40 Å². The summed E-state index contributed by atoms with van der Waals surface area (Å²) in [5.74, 6) is 2.07. The lowest BCUT2D eigenvalue weighted by Crippen LogP contribution is -2.05. The molecular formula is C19H18ClN5O2. The summed E-state index contributed by atoms with van der Waals surface area (Å²) in [4.78, 5) is 4.67. The first kappa shape index (κ1) is 17.4. The zero-order valence-corrected chi connectivity index (χ0v) is 15.7. The van der Waals surface area contributed by atoms with Gasteiger partial charge >= 0.3 is 0 Å². The van der Waals surface area contributed by atoms with Gasteiger partial charge < -0.3 is 14.8 Å². The minimum atomic E-state index is 0.553. The number of anilines is 1. The molecule has 1 N–H and O–H groups in total. The Morgan fingerprint density at radius 3 is 2.85 bits per heavy atom. The Bertz CT molecular complexity index is 1110. The van der Waals surface area contributed by atoms with Gasteiger partial charge in [0.2, 0.25) is 5.65 Å². The number of hydrogen-bond acceptors (Lipinski definition) is 6. The van der Waals surface area contributed by atoms with Crippen LogP contribution in [0.3, 0.4) is 0 Å². The van der Waals surface area contributed by atoms with E-state index >= 15 is 0 Å². The zero-order valence-electron chi connectivity index (χ0n) is 14.9. The fraction of sp³-hybridized carbons (Fsp3) is 0.211. The summed E-state index contributed by atoms with van der Waals surface area (Å²) in [5, 5.41) is 12.2. The van der Waals surface area contributed by atoms with Crippen LogP contribution in [0.15, 0.2) is 42.7 Å². The molecule has 8 heteroatoms. The van der Waals surface area contributed by atoms with E-state index in [9.17, 15) is 0 Å². The Balaban J connectivity index is 1.65. The lowest BCUT2D eigenvalue weighted by molar-refractivity contribution is 0.310. The zero-order chi connectivity index (χ0) is 18.8. The summed E-state index contributed by atoms with van der Waals surface area (Å²) in [6, 6.07) is 11.4. The third kappa shape index (κ3) is 3.33. The lowest BCUT2D eigenvalue weighted by Gasteiger charge is -2.12. The minimum absolute atomic E-state index is 0.553. The fourth-order valence-corrected chi connectivity index (χ4v) is 3.09. The highest BCUT2D eigenvalue weighted by Gasteiger charge is 2.11. The van der Waals surface area contributed by atoms with E-state index < -0.39 is 0 Å². The van der Waals surface area contributed by atoms with Crippen LogP contribution >= 0.6 is 11.6 Å². The second-order valence-corrected chi connectivity index (χ2v) is 6.33. The van der Waals surface area contributed by atoms with Crippen LogP contribution in [0.25, 0.3) is 16.7 Å². The molecule has 0 unspecified atom stereocenters. The number of fused-ring (bicyclic) bond motifs is 3. The summed E-state index contributed by atoms with van der Waals surface area (Å²) in [6.45, 7) is 3.08. The molecule has 0 radical (unpaired) electrons. The Hall–Kier alpha value is -3.06. The Morgan fingerprint density at radius 2 is 2.04 bits per heavy atom. The van der Waals surface area contributed by atoms with Crippen LogP contribution in [0.4, 0.5) is 5.82 Å². The number of benzene rings is 2. The van der Waals surface area contributed by atoms with Crippen molar-refractivity contribution in [3.63, 3.8) is 0 Å². The van der Waals surface area contributed by atoms with Gasteiger partial charge in [-0.2, -0.15) is 0 Å². The van der Waals surface area contributed by atoms with Crippen molar-refractivity contribution in [1.82, 2.24) is 19.6 Å². The third-order valence-corrected chi connectivity index (χ3v) is 4.41. The Morgan fingerprint density at radius 1 is 1.15 bits per heavy atom. The van der Waals surface area contributed by atoms with Gasteiger partial charge in [0.25, 0.3) is 0 Å². The van der Waals surface area contributed by atoms with E-state index in [2.05, 4.69) is 20.5 Å². The van der Waals surface area contributed by atoms with E-state index in [4.69, 9.17) is 21.1 Å². The number of rotatable bonds is 6. The van der Waals surface area contributed by atoms with E-state index in [1.54, 1.807) is 13.4 Å². The standard InChI is InChI=1S/C19H18ClN5O2/c1-3-27-16-7-4-12(8-17(16)26-2)10-21-18-19-24-22-11-25(19)15-9-13(20)5-6-14(15)23-18/h4-9,11H,3,10H2,1-2H3,(H,21,23). The Labute approximate surface area is 160 Å². The molecule has 4 aromatic rings. The summed E-state index contributed by atoms with van der Waals surface area (Å²) >= 11 is 6.11. The maximum atomic E-state index is 6.11. The molecule has 0 aliphatic rings. The lowest BCUT2D eigenvalue weighted by atomic mass is 10.2. The number of nitrogens with one attached hydrogen (secondary N) is 1. The highest BCUT2D eigenvalue weighted by molar-refractivity contribution is 6.31. The van der Waals surface area contributed by atoms with Crippen LogP contribution in [-0.4, -0.2) is 33.3 Å². The smallest absolute Gasteiger partial charge is 0.203 e. The van der Waals surface area contributed by atoms with Crippen LogP contribution in [-0.2, 0) is 6.54 Å². The summed E-state index contributed by atoms with van der Waals surface area (Å²) < 4.78 is 12.8. The number of methoxy groups -OCH3 is 1. The number of hydrogen-bond donors (Lipinski definition) is 1. The highest BCUT2D eigenvalue weighted by Crippen LogP contribution is 2.29. The third-order valence-electron chi connectivity index (χ3n) is 4.18. The molecule has 2 aromatic heterocycles. The van der Waals surface area contributed by atoms with Gasteiger partial charge in [-0.1, -0.05) is 17.7 Å². The van der Waals surface area contributed by atoms with E-state index in [1.807, 2.05) is 47.7 Å². The molecule has 0 atom stereocenters. The van der Waals surface area contributed by atoms with E-state index in [0.717, 1.165) is 22.3 Å². The molecule has 0 bridgehead atoms. The fourth-order valence-electron chi connectivity index (χ4n) is 2.93. The van der Waals surface area contributed by atoms with Crippen LogP contribution < -0.4 is 14.8 Å². The van der Waals surface area contributed by atoms with Crippen molar-refractivity contribution in [2.24, 2.45) is 0 Å². The van der Waals surface area contributed by atoms with Crippen molar-refractivity contribution in [3.05, 3.63) is 53.3 Å². The molecule has 7 nitrogen and oxygen atoms in total. The number of ether oxygens (including phenoxy) is 2. The first-order valence-corrected chi connectivity index (χ1v) is 8.90. The average Bonchev–Trinajstić information content (AvgIpc) is 3.18. The Kier molecular flexibility index (Phi) is 4.68. The molecule has 0 saturated carbocycles. The van der Waals surface area contributed by atoms with Crippen LogP contribution in [0.2, 0.25) is 5.02 Å². The van der Waals surface area contributed by atoms with Gasteiger partial charge in [0.15, 0.2) is 17.3 Å². The molecule has 27 heavy (non-hydrogen) atoms. The number of nitrogens with zero attached hydrogens (tertiary/aromatic N) is 4. The van der Waals surface area contributed by atoms with Crippen LogP contribution in [0.5, 0.6) is 11.5 Å². The molecule has 0 saturated heterocycles. The topological polar surface area (TPSA) is 73.6 Å². The van der Waals surface area contributed by atoms with Gasteiger partial charge in [0.1, 0.15) is 6.33 Å². The molecular weight excluding hydrogens is 366 g/mol. The molecule has 138 valence electrons. The normalized spacial score (nSPS) is 11.1. The van der Waals surface area contributed by atoms with Gasteiger partial charge in [-0.25, -0.2) is 4.98 Å². The van der Waals surface area contributed by atoms with Gasteiger partial charge in [0, 0.05) is 11.6 Å².